The van der Waals surface area contributed by atoms with E-state index in [4.69, 9.17) is 0 Å². The van der Waals surface area contributed by atoms with Gasteiger partial charge in [-0.15, -0.1) is 0 Å². The van der Waals surface area contributed by atoms with Crippen molar-refractivity contribution in [1.29, 1.82) is 0 Å². The van der Waals surface area contributed by atoms with E-state index in [2.05, 4.69) is 5.32 Å². The zero-order valence-corrected chi connectivity index (χ0v) is 7.40. The molecule has 1 aliphatic heterocycles. The second-order valence-electron chi connectivity index (χ2n) is 3.01. The van der Waals surface area contributed by atoms with E-state index in [1.807, 2.05) is 13.8 Å². The van der Waals surface area contributed by atoms with Crippen LogP contribution in [-0.2, 0) is 4.79 Å². The van der Waals surface area contributed by atoms with E-state index >= 15 is 0 Å². The van der Waals surface area contributed by atoms with Crippen LogP contribution >= 0.6 is 11.8 Å². The van der Waals surface area contributed by atoms with Gasteiger partial charge in [0.25, 0.3) is 5.24 Å². The summed E-state index contributed by atoms with van der Waals surface area (Å²) in [5, 5.41) is 1.90. The summed E-state index contributed by atoms with van der Waals surface area (Å²) in [6.45, 7) is 4.08. The number of thioether (sulfide) groups is 1. The molecule has 1 rings (SSSR count). The molecule has 4 heteroatoms. The lowest BCUT2D eigenvalue weighted by Crippen LogP contribution is -2.24. The first kappa shape index (κ1) is 8.59. The Balaban J connectivity index is 2.47. The van der Waals surface area contributed by atoms with Gasteiger partial charge in [-0.3, -0.25) is 14.9 Å². The fraction of sp³-hybridized carbons (Fsp3) is 0.714. The zero-order chi connectivity index (χ0) is 8.43. The summed E-state index contributed by atoms with van der Waals surface area (Å²) in [6.07, 6.45) is 0.780. The minimum atomic E-state index is -0.208. The van der Waals surface area contributed by atoms with Gasteiger partial charge < -0.3 is 0 Å². The molecule has 0 bridgehead atoms. The van der Waals surface area contributed by atoms with Crippen molar-refractivity contribution in [2.45, 2.75) is 25.5 Å². The van der Waals surface area contributed by atoms with Crippen LogP contribution in [0.5, 0.6) is 0 Å². The van der Waals surface area contributed by atoms with Gasteiger partial charge in [0.1, 0.15) is 0 Å². The Hall–Kier alpha value is -0.510. The van der Waals surface area contributed by atoms with Gasteiger partial charge in [-0.1, -0.05) is 25.6 Å². The number of amides is 2. The quantitative estimate of drug-likeness (QED) is 0.686. The van der Waals surface area contributed by atoms with Crippen LogP contribution in [0.4, 0.5) is 4.79 Å². The maximum atomic E-state index is 11.0. The predicted octanol–water partition coefficient (Wildman–Crippen LogP) is 1.38. The summed E-state index contributed by atoms with van der Waals surface area (Å²) in [5.74, 6) is 0.331. The summed E-state index contributed by atoms with van der Waals surface area (Å²) >= 11 is 1.10. The van der Waals surface area contributed by atoms with Gasteiger partial charge in [0, 0.05) is 0 Å². The molecule has 0 aromatic carbocycles. The lowest BCUT2D eigenvalue weighted by Gasteiger charge is -2.06. The third kappa shape index (κ3) is 2.22. The molecule has 1 N–H and O–H groups in total. The largest absolute Gasteiger partial charge is 0.286 e. The first-order chi connectivity index (χ1) is 5.09. The molecule has 11 heavy (non-hydrogen) atoms. The molecule has 0 radical (unpaired) electrons. The number of hydrogen-bond acceptors (Lipinski definition) is 3. The van der Waals surface area contributed by atoms with Gasteiger partial charge in [0.2, 0.25) is 5.91 Å². The minimum absolute atomic E-state index is 0.131. The summed E-state index contributed by atoms with van der Waals surface area (Å²) in [4.78, 5) is 21.6. The minimum Gasteiger partial charge on any atom is -0.286 e. The lowest BCUT2D eigenvalue weighted by atomic mass is 10.1. The SMILES string of the molecule is CC(C)CC1SC(=O)NC1=O. The Morgan fingerprint density at radius 2 is 2.18 bits per heavy atom. The first-order valence-electron chi connectivity index (χ1n) is 3.61. The normalized spacial score (nSPS) is 24.5. The fourth-order valence-electron chi connectivity index (χ4n) is 0.977. The highest BCUT2D eigenvalue weighted by atomic mass is 32.2. The first-order valence-corrected chi connectivity index (χ1v) is 4.49. The second-order valence-corrected chi connectivity index (χ2v) is 4.19. The number of rotatable bonds is 2. The third-order valence-corrected chi connectivity index (χ3v) is 2.46. The van der Waals surface area contributed by atoms with E-state index < -0.39 is 0 Å². The smallest absolute Gasteiger partial charge is 0.286 e. The molecule has 1 heterocycles. The van der Waals surface area contributed by atoms with Gasteiger partial charge in [-0.2, -0.15) is 0 Å². The van der Waals surface area contributed by atoms with Crippen molar-refractivity contribution in [3.63, 3.8) is 0 Å². The summed E-state index contributed by atoms with van der Waals surface area (Å²) in [5.41, 5.74) is 0. The fourth-order valence-corrected chi connectivity index (χ4v) is 2.04. The van der Waals surface area contributed by atoms with Crippen molar-refractivity contribution in [3.8, 4) is 0 Å². The van der Waals surface area contributed by atoms with E-state index in [0.717, 1.165) is 18.2 Å². The highest BCUT2D eigenvalue weighted by molar-refractivity contribution is 8.15. The maximum absolute atomic E-state index is 11.0. The van der Waals surface area contributed by atoms with Crippen LogP contribution in [0.1, 0.15) is 20.3 Å². The van der Waals surface area contributed by atoms with Crippen LogP contribution in [0.15, 0.2) is 0 Å². The highest BCUT2D eigenvalue weighted by Gasteiger charge is 2.31. The van der Waals surface area contributed by atoms with Gasteiger partial charge >= 0.3 is 0 Å². The van der Waals surface area contributed by atoms with E-state index in [0.29, 0.717) is 5.92 Å². The number of nitrogens with one attached hydrogen (secondary N) is 1. The van der Waals surface area contributed by atoms with E-state index in [-0.39, 0.29) is 16.4 Å². The molecular weight excluding hydrogens is 162 g/mol. The van der Waals surface area contributed by atoms with Crippen LogP contribution in [0.3, 0.4) is 0 Å². The standard InChI is InChI=1S/C7H11NO2S/c1-4(2)3-5-6(9)8-7(10)11-5/h4-5H,3H2,1-2H3,(H,8,9,10). The van der Waals surface area contributed by atoms with Crippen molar-refractivity contribution in [2.24, 2.45) is 5.92 Å². The zero-order valence-electron chi connectivity index (χ0n) is 6.59. The molecule has 1 fully saturated rings. The van der Waals surface area contributed by atoms with Crippen LogP contribution in [0.25, 0.3) is 0 Å². The molecule has 0 spiro atoms. The van der Waals surface area contributed by atoms with Crippen molar-refractivity contribution in [3.05, 3.63) is 0 Å². The van der Waals surface area contributed by atoms with E-state index in [1.54, 1.807) is 0 Å². The molecule has 1 aliphatic rings. The Labute approximate surface area is 69.9 Å². The van der Waals surface area contributed by atoms with Crippen LogP contribution < -0.4 is 5.32 Å². The maximum Gasteiger partial charge on any atom is 0.286 e. The average molecular weight is 173 g/mol. The highest BCUT2D eigenvalue weighted by Crippen LogP contribution is 2.24. The van der Waals surface area contributed by atoms with Gasteiger partial charge in [-0.05, 0) is 12.3 Å². The van der Waals surface area contributed by atoms with Crippen molar-refractivity contribution >= 4 is 22.9 Å². The molecule has 0 aromatic heterocycles. The molecule has 0 saturated carbocycles. The summed E-state index contributed by atoms with van der Waals surface area (Å²) in [7, 11) is 0. The lowest BCUT2D eigenvalue weighted by molar-refractivity contribution is -0.119. The predicted molar refractivity (Wildman–Crippen MR) is 44.4 cm³/mol. The number of carbonyl (C=O) groups is 2. The third-order valence-electron chi connectivity index (χ3n) is 1.45. The Morgan fingerprint density at radius 1 is 1.55 bits per heavy atom. The molecular formula is C7H11NO2S. The molecule has 1 unspecified atom stereocenters. The van der Waals surface area contributed by atoms with E-state index in [9.17, 15) is 9.59 Å². The molecule has 3 nitrogen and oxygen atoms in total. The average Bonchev–Trinajstić information content (AvgIpc) is 2.09. The van der Waals surface area contributed by atoms with Crippen LogP contribution in [0, 0.1) is 5.92 Å². The van der Waals surface area contributed by atoms with Gasteiger partial charge in [0.05, 0.1) is 5.25 Å². The van der Waals surface area contributed by atoms with Gasteiger partial charge in [-0.25, -0.2) is 0 Å². The molecule has 1 atom stereocenters. The summed E-state index contributed by atoms with van der Waals surface area (Å²) in [6, 6.07) is 0. The molecule has 2 amide bonds. The Kier molecular flexibility index (Phi) is 2.54. The second kappa shape index (κ2) is 3.26. The molecule has 0 aromatic rings. The van der Waals surface area contributed by atoms with Gasteiger partial charge in [0.15, 0.2) is 0 Å². The molecule has 0 aliphatic carbocycles. The summed E-state index contributed by atoms with van der Waals surface area (Å²) < 4.78 is 0. The number of carbonyl (C=O) groups excluding carboxylic acids is 2. The van der Waals surface area contributed by atoms with Crippen molar-refractivity contribution < 1.29 is 9.59 Å². The molecule has 62 valence electrons. The Bertz CT molecular complexity index is 191. The van der Waals surface area contributed by atoms with Crippen molar-refractivity contribution in [2.75, 3.05) is 0 Å². The number of hydrogen-bond donors (Lipinski definition) is 1. The van der Waals surface area contributed by atoms with Crippen molar-refractivity contribution in [1.82, 2.24) is 5.32 Å². The topological polar surface area (TPSA) is 46.2 Å². The monoisotopic (exact) mass is 173 g/mol. The number of imide groups is 1. The van der Waals surface area contributed by atoms with Crippen LogP contribution in [-0.4, -0.2) is 16.4 Å². The molecule has 1 saturated heterocycles. The van der Waals surface area contributed by atoms with Crippen LogP contribution in [0.2, 0.25) is 0 Å². The van der Waals surface area contributed by atoms with E-state index in [1.165, 1.54) is 0 Å². The Morgan fingerprint density at radius 3 is 2.55 bits per heavy atom.